The number of benzene rings is 1. The fourth-order valence-corrected chi connectivity index (χ4v) is 2.06. The number of halogens is 1. The standard InChI is InChI=1S/C18H22FN3O/c1-13(2)11-21-17-8-7-15(12-22-17)18(23)20-10-9-14-5-3-4-6-16(14)19/h3-8,12-13H,9-11H2,1-2H3,(H,20,23)(H,21,22). The fraction of sp³-hybridized carbons (Fsp3) is 0.333. The number of pyridine rings is 1. The van der Waals surface area contributed by atoms with Gasteiger partial charge in [0, 0.05) is 19.3 Å². The van der Waals surface area contributed by atoms with Crippen LogP contribution in [0.15, 0.2) is 42.6 Å². The molecular formula is C18H22FN3O. The maximum absolute atomic E-state index is 13.5. The average Bonchev–Trinajstić information content (AvgIpc) is 2.55. The van der Waals surface area contributed by atoms with Crippen LogP contribution < -0.4 is 10.6 Å². The molecule has 1 heterocycles. The van der Waals surface area contributed by atoms with Crippen LogP contribution in [0.2, 0.25) is 0 Å². The second-order valence-corrected chi connectivity index (χ2v) is 5.80. The highest BCUT2D eigenvalue weighted by atomic mass is 19.1. The molecule has 0 atom stereocenters. The Balaban J connectivity index is 1.82. The van der Waals surface area contributed by atoms with Crippen LogP contribution in [0.25, 0.3) is 0 Å². The van der Waals surface area contributed by atoms with Gasteiger partial charge in [0.2, 0.25) is 0 Å². The molecule has 0 saturated heterocycles. The second kappa shape index (κ2) is 8.27. The maximum Gasteiger partial charge on any atom is 0.252 e. The van der Waals surface area contributed by atoms with Crippen LogP contribution in [0.4, 0.5) is 10.2 Å². The number of anilines is 1. The van der Waals surface area contributed by atoms with Gasteiger partial charge in [-0.05, 0) is 36.1 Å². The van der Waals surface area contributed by atoms with Crippen LogP contribution in [-0.4, -0.2) is 24.0 Å². The number of hydrogen-bond donors (Lipinski definition) is 2. The molecule has 0 spiro atoms. The van der Waals surface area contributed by atoms with Crippen LogP contribution in [0.5, 0.6) is 0 Å². The fourth-order valence-electron chi connectivity index (χ4n) is 2.06. The number of rotatable bonds is 7. The first-order chi connectivity index (χ1) is 11.1. The minimum Gasteiger partial charge on any atom is -0.370 e. The van der Waals surface area contributed by atoms with Crippen molar-refractivity contribution in [1.29, 1.82) is 0 Å². The number of hydrogen-bond acceptors (Lipinski definition) is 3. The molecule has 0 unspecified atom stereocenters. The summed E-state index contributed by atoms with van der Waals surface area (Å²) < 4.78 is 13.5. The zero-order chi connectivity index (χ0) is 16.7. The molecule has 2 aromatic rings. The summed E-state index contributed by atoms with van der Waals surface area (Å²) >= 11 is 0. The summed E-state index contributed by atoms with van der Waals surface area (Å²) in [7, 11) is 0. The number of nitrogens with zero attached hydrogens (tertiary/aromatic N) is 1. The van der Waals surface area contributed by atoms with Crippen molar-refractivity contribution in [3.05, 3.63) is 59.5 Å². The van der Waals surface area contributed by atoms with E-state index in [0.29, 0.717) is 30.0 Å². The molecule has 0 radical (unpaired) electrons. The SMILES string of the molecule is CC(C)CNc1ccc(C(=O)NCCc2ccccc2F)cn1. The highest BCUT2D eigenvalue weighted by Crippen LogP contribution is 2.08. The van der Waals surface area contributed by atoms with Crippen LogP contribution in [-0.2, 0) is 6.42 Å². The predicted octanol–water partition coefficient (Wildman–Crippen LogP) is 3.26. The molecule has 4 nitrogen and oxygen atoms in total. The molecule has 122 valence electrons. The summed E-state index contributed by atoms with van der Waals surface area (Å²) in [6, 6.07) is 10.1. The lowest BCUT2D eigenvalue weighted by Gasteiger charge is -2.09. The van der Waals surface area contributed by atoms with E-state index >= 15 is 0 Å². The number of carbonyl (C=O) groups excluding carboxylic acids is 1. The van der Waals surface area contributed by atoms with Crippen molar-refractivity contribution in [2.24, 2.45) is 5.92 Å². The number of nitrogens with one attached hydrogen (secondary N) is 2. The van der Waals surface area contributed by atoms with Gasteiger partial charge in [-0.15, -0.1) is 0 Å². The molecule has 2 rings (SSSR count). The van der Waals surface area contributed by atoms with Crippen molar-refractivity contribution in [2.45, 2.75) is 20.3 Å². The van der Waals surface area contributed by atoms with E-state index in [1.54, 1.807) is 36.5 Å². The summed E-state index contributed by atoms with van der Waals surface area (Å²) in [5, 5.41) is 5.97. The summed E-state index contributed by atoms with van der Waals surface area (Å²) in [5.41, 5.74) is 1.09. The van der Waals surface area contributed by atoms with Gasteiger partial charge >= 0.3 is 0 Å². The summed E-state index contributed by atoms with van der Waals surface area (Å²) in [5.74, 6) is 0.827. The average molecular weight is 315 g/mol. The molecule has 1 amide bonds. The van der Waals surface area contributed by atoms with Gasteiger partial charge in [0.15, 0.2) is 0 Å². The lowest BCUT2D eigenvalue weighted by atomic mass is 10.1. The van der Waals surface area contributed by atoms with Crippen LogP contribution in [0.1, 0.15) is 29.8 Å². The minimum atomic E-state index is -0.246. The molecule has 0 bridgehead atoms. The Bertz CT molecular complexity index is 641. The van der Waals surface area contributed by atoms with Crippen LogP contribution in [0.3, 0.4) is 0 Å². The van der Waals surface area contributed by atoms with E-state index in [4.69, 9.17) is 0 Å². The highest BCUT2D eigenvalue weighted by Gasteiger charge is 2.07. The van der Waals surface area contributed by atoms with Crippen molar-refractivity contribution in [3.63, 3.8) is 0 Å². The zero-order valence-electron chi connectivity index (χ0n) is 13.5. The Labute approximate surface area is 136 Å². The van der Waals surface area contributed by atoms with Crippen molar-refractivity contribution in [3.8, 4) is 0 Å². The van der Waals surface area contributed by atoms with Crippen molar-refractivity contribution in [2.75, 3.05) is 18.4 Å². The van der Waals surface area contributed by atoms with Gasteiger partial charge in [0.05, 0.1) is 5.56 Å². The lowest BCUT2D eigenvalue weighted by molar-refractivity contribution is 0.0953. The molecular weight excluding hydrogens is 293 g/mol. The highest BCUT2D eigenvalue weighted by molar-refractivity contribution is 5.94. The quantitative estimate of drug-likeness (QED) is 0.824. The maximum atomic E-state index is 13.5. The molecule has 1 aromatic heterocycles. The summed E-state index contributed by atoms with van der Waals surface area (Å²) in [4.78, 5) is 16.3. The molecule has 0 saturated carbocycles. The molecule has 0 aliphatic heterocycles. The van der Waals surface area contributed by atoms with Gasteiger partial charge < -0.3 is 10.6 Å². The molecule has 2 N–H and O–H groups in total. The topological polar surface area (TPSA) is 54.0 Å². The Morgan fingerprint density at radius 1 is 1.22 bits per heavy atom. The Morgan fingerprint density at radius 2 is 2.00 bits per heavy atom. The van der Waals surface area contributed by atoms with E-state index in [9.17, 15) is 9.18 Å². The monoisotopic (exact) mass is 315 g/mol. The Kier molecular flexibility index (Phi) is 6.09. The third-order valence-electron chi connectivity index (χ3n) is 3.35. The van der Waals surface area contributed by atoms with E-state index in [0.717, 1.165) is 12.4 Å². The molecule has 1 aromatic carbocycles. The van der Waals surface area contributed by atoms with Gasteiger partial charge in [-0.25, -0.2) is 9.37 Å². The summed E-state index contributed by atoms with van der Waals surface area (Å²) in [6.45, 7) is 5.45. The molecule has 23 heavy (non-hydrogen) atoms. The van der Waals surface area contributed by atoms with Crippen molar-refractivity contribution >= 4 is 11.7 Å². The molecule has 0 fully saturated rings. The van der Waals surface area contributed by atoms with Crippen molar-refractivity contribution in [1.82, 2.24) is 10.3 Å². The van der Waals surface area contributed by atoms with Gasteiger partial charge in [-0.1, -0.05) is 32.0 Å². The number of carbonyl (C=O) groups is 1. The van der Waals surface area contributed by atoms with Gasteiger partial charge in [-0.2, -0.15) is 0 Å². The Hall–Kier alpha value is -2.43. The second-order valence-electron chi connectivity index (χ2n) is 5.80. The normalized spacial score (nSPS) is 10.6. The first kappa shape index (κ1) is 16.9. The number of aromatic nitrogens is 1. The predicted molar refractivity (Wildman–Crippen MR) is 90.0 cm³/mol. The first-order valence-electron chi connectivity index (χ1n) is 7.78. The van der Waals surface area contributed by atoms with E-state index in [1.807, 2.05) is 0 Å². The lowest BCUT2D eigenvalue weighted by Crippen LogP contribution is -2.26. The largest absolute Gasteiger partial charge is 0.370 e. The van der Waals surface area contributed by atoms with Gasteiger partial charge in [-0.3, -0.25) is 4.79 Å². The molecule has 0 aliphatic carbocycles. The van der Waals surface area contributed by atoms with Crippen LogP contribution >= 0.6 is 0 Å². The minimum absolute atomic E-state index is 0.204. The van der Waals surface area contributed by atoms with E-state index in [2.05, 4.69) is 29.5 Å². The molecule has 5 heteroatoms. The smallest absolute Gasteiger partial charge is 0.252 e. The van der Waals surface area contributed by atoms with Gasteiger partial charge in [0.1, 0.15) is 11.6 Å². The van der Waals surface area contributed by atoms with E-state index in [1.165, 1.54) is 6.07 Å². The first-order valence-corrected chi connectivity index (χ1v) is 7.78. The van der Waals surface area contributed by atoms with Crippen LogP contribution in [0, 0.1) is 11.7 Å². The van der Waals surface area contributed by atoms with Gasteiger partial charge in [0.25, 0.3) is 5.91 Å². The third kappa shape index (κ3) is 5.36. The molecule has 0 aliphatic rings. The number of amides is 1. The van der Waals surface area contributed by atoms with Crippen molar-refractivity contribution < 1.29 is 9.18 Å². The summed E-state index contributed by atoms with van der Waals surface area (Å²) in [6.07, 6.45) is 2.00. The van der Waals surface area contributed by atoms with E-state index < -0.39 is 0 Å². The van der Waals surface area contributed by atoms with E-state index in [-0.39, 0.29) is 11.7 Å². The third-order valence-corrected chi connectivity index (χ3v) is 3.35. The Morgan fingerprint density at radius 3 is 2.65 bits per heavy atom. The zero-order valence-corrected chi connectivity index (χ0v) is 13.5.